The topological polar surface area (TPSA) is 73.0 Å². The quantitative estimate of drug-likeness (QED) is 0.568. The van der Waals surface area contributed by atoms with Gasteiger partial charge in [0.2, 0.25) is 0 Å². The van der Waals surface area contributed by atoms with Gasteiger partial charge in [-0.15, -0.1) is 0 Å². The van der Waals surface area contributed by atoms with E-state index in [4.69, 9.17) is 18.9 Å². The second-order valence-electron chi connectivity index (χ2n) is 7.16. The minimum Gasteiger partial charge on any atom is -0.443 e. The van der Waals surface area contributed by atoms with Gasteiger partial charge in [-0.25, -0.2) is 4.79 Å². The van der Waals surface area contributed by atoms with Crippen molar-refractivity contribution in [2.45, 2.75) is 31.4 Å². The first-order valence-corrected chi connectivity index (χ1v) is 9.39. The number of aromatic nitrogens is 1. The standard InChI is InChI=1S/C20H26N2O5/c1-20-17(8-10-25-13-26-12-11-24-2)27-19(23)22(20)9-7-15-14-5-3-4-6-16(14)21-18(15)20/h3-6,17,21H,7-13H2,1-2H3/t17-,20+/m0/s1. The zero-order valence-electron chi connectivity index (χ0n) is 15.8. The first-order chi connectivity index (χ1) is 13.2. The van der Waals surface area contributed by atoms with Crippen LogP contribution in [0.5, 0.6) is 0 Å². The van der Waals surface area contributed by atoms with Crippen molar-refractivity contribution < 1.29 is 23.7 Å². The van der Waals surface area contributed by atoms with E-state index in [0.717, 1.165) is 17.6 Å². The van der Waals surface area contributed by atoms with E-state index in [0.29, 0.717) is 32.8 Å². The van der Waals surface area contributed by atoms with Crippen LogP contribution in [0.4, 0.5) is 4.79 Å². The molecule has 0 bridgehead atoms. The van der Waals surface area contributed by atoms with Crippen LogP contribution in [0.15, 0.2) is 24.3 Å². The van der Waals surface area contributed by atoms with Crippen LogP contribution in [-0.4, -0.2) is 62.3 Å². The highest BCUT2D eigenvalue weighted by atomic mass is 16.7. The van der Waals surface area contributed by atoms with Crippen molar-refractivity contribution in [3.8, 4) is 0 Å². The van der Waals surface area contributed by atoms with Crippen LogP contribution >= 0.6 is 0 Å². The maximum Gasteiger partial charge on any atom is 0.411 e. The van der Waals surface area contributed by atoms with Crippen LogP contribution in [0, 0.1) is 0 Å². The molecule has 3 heterocycles. The number of hydrogen-bond donors (Lipinski definition) is 1. The number of cyclic esters (lactones) is 1. The molecule has 27 heavy (non-hydrogen) atoms. The molecule has 1 amide bonds. The van der Waals surface area contributed by atoms with Gasteiger partial charge in [0, 0.05) is 36.7 Å². The Morgan fingerprint density at radius 1 is 1.26 bits per heavy atom. The van der Waals surface area contributed by atoms with Gasteiger partial charge < -0.3 is 23.9 Å². The number of para-hydroxylation sites is 1. The number of carbonyl (C=O) groups is 1. The number of nitrogens with zero attached hydrogens (tertiary/aromatic N) is 1. The molecule has 1 fully saturated rings. The fourth-order valence-electron chi connectivity index (χ4n) is 4.25. The summed E-state index contributed by atoms with van der Waals surface area (Å²) in [5, 5.41) is 1.23. The summed E-state index contributed by atoms with van der Waals surface area (Å²) in [7, 11) is 1.63. The lowest BCUT2D eigenvalue weighted by Gasteiger charge is -2.39. The molecule has 0 spiro atoms. The van der Waals surface area contributed by atoms with E-state index in [1.54, 1.807) is 7.11 Å². The Kier molecular flexibility index (Phi) is 5.08. The minimum absolute atomic E-state index is 0.210. The fraction of sp³-hybridized carbons (Fsp3) is 0.550. The highest BCUT2D eigenvalue weighted by Crippen LogP contribution is 2.46. The molecule has 7 heteroatoms. The number of hydrogen-bond acceptors (Lipinski definition) is 5. The predicted octanol–water partition coefficient (Wildman–Crippen LogP) is 2.79. The lowest BCUT2D eigenvalue weighted by Crippen LogP contribution is -2.50. The summed E-state index contributed by atoms with van der Waals surface area (Å²) in [4.78, 5) is 17.9. The molecule has 146 valence electrons. The van der Waals surface area contributed by atoms with Crippen LogP contribution in [0.3, 0.4) is 0 Å². The van der Waals surface area contributed by atoms with E-state index >= 15 is 0 Å². The molecular weight excluding hydrogens is 348 g/mol. The van der Waals surface area contributed by atoms with Crippen molar-refractivity contribution in [1.29, 1.82) is 0 Å². The summed E-state index contributed by atoms with van der Waals surface area (Å²) in [6.07, 6.45) is 0.932. The molecule has 2 aliphatic rings. The zero-order chi connectivity index (χ0) is 18.9. The molecule has 4 rings (SSSR count). The van der Waals surface area contributed by atoms with Gasteiger partial charge in [-0.3, -0.25) is 4.90 Å². The van der Waals surface area contributed by atoms with Crippen molar-refractivity contribution >= 4 is 17.0 Å². The van der Waals surface area contributed by atoms with Crippen LogP contribution in [0.2, 0.25) is 0 Å². The molecular formula is C20H26N2O5. The Bertz CT molecular complexity index is 820. The number of fused-ring (bicyclic) bond motifs is 5. The summed E-state index contributed by atoms with van der Waals surface area (Å²) in [5.74, 6) is 0. The summed E-state index contributed by atoms with van der Waals surface area (Å²) < 4.78 is 21.5. The SMILES string of the molecule is COCCOCOCC[C@@H]1OC(=O)N2CCc3c([nH]c4ccccc34)[C@@]12C. The average Bonchev–Trinajstić information content (AvgIpc) is 3.17. The van der Waals surface area contributed by atoms with Gasteiger partial charge in [-0.05, 0) is 25.0 Å². The van der Waals surface area contributed by atoms with Crippen molar-refractivity contribution in [3.05, 3.63) is 35.5 Å². The Morgan fingerprint density at radius 3 is 2.93 bits per heavy atom. The largest absolute Gasteiger partial charge is 0.443 e. The number of aromatic amines is 1. The van der Waals surface area contributed by atoms with E-state index in [2.05, 4.69) is 30.1 Å². The molecule has 1 N–H and O–H groups in total. The first-order valence-electron chi connectivity index (χ1n) is 9.39. The summed E-state index contributed by atoms with van der Waals surface area (Å²) >= 11 is 0. The normalized spacial score (nSPS) is 24.1. The maximum absolute atomic E-state index is 12.5. The number of amides is 1. The molecule has 0 radical (unpaired) electrons. The van der Waals surface area contributed by atoms with Gasteiger partial charge >= 0.3 is 6.09 Å². The van der Waals surface area contributed by atoms with E-state index in [1.165, 1.54) is 10.9 Å². The molecule has 2 atom stereocenters. The number of methoxy groups -OCH3 is 1. The van der Waals surface area contributed by atoms with Crippen LogP contribution in [-0.2, 0) is 30.9 Å². The first kappa shape index (κ1) is 18.3. The molecule has 0 unspecified atom stereocenters. The van der Waals surface area contributed by atoms with E-state index < -0.39 is 5.54 Å². The van der Waals surface area contributed by atoms with Gasteiger partial charge in [0.05, 0.1) is 19.8 Å². The van der Waals surface area contributed by atoms with Crippen molar-refractivity contribution in [2.75, 3.05) is 40.3 Å². The Hall–Kier alpha value is -2.09. The molecule has 7 nitrogen and oxygen atoms in total. The van der Waals surface area contributed by atoms with Crippen LogP contribution in [0.25, 0.3) is 10.9 Å². The van der Waals surface area contributed by atoms with E-state index in [1.807, 2.05) is 11.0 Å². The molecule has 0 aliphatic carbocycles. The van der Waals surface area contributed by atoms with Crippen molar-refractivity contribution in [3.63, 3.8) is 0 Å². The molecule has 2 aromatic rings. The van der Waals surface area contributed by atoms with Gasteiger partial charge in [-0.2, -0.15) is 0 Å². The minimum atomic E-state index is -0.510. The van der Waals surface area contributed by atoms with Gasteiger partial charge in [0.1, 0.15) is 18.4 Å². The third-order valence-corrected chi connectivity index (χ3v) is 5.68. The van der Waals surface area contributed by atoms with E-state index in [-0.39, 0.29) is 19.0 Å². The second kappa shape index (κ2) is 7.50. The average molecular weight is 374 g/mol. The monoisotopic (exact) mass is 374 g/mol. The predicted molar refractivity (Wildman–Crippen MR) is 99.6 cm³/mol. The van der Waals surface area contributed by atoms with Gasteiger partial charge in [0.15, 0.2) is 0 Å². The maximum atomic E-state index is 12.5. The number of rotatable bonds is 8. The summed E-state index contributed by atoms with van der Waals surface area (Å²) in [6, 6.07) is 8.29. The third-order valence-electron chi connectivity index (χ3n) is 5.68. The number of benzene rings is 1. The zero-order valence-corrected chi connectivity index (χ0v) is 15.8. The smallest absolute Gasteiger partial charge is 0.411 e. The lowest BCUT2D eigenvalue weighted by molar-refractivity contribution is -0.0736. The fourth-order valence-corrected chi connectivity index (χ4v) is 4.25. The highest BCUT2D eigenvalue weighted by molar-refractivity contribution is 5.86. The van der Waals surface area contributed by atoms with Crippen molar-refractivity contribution in [2.24, 2.45) is 0 Å². The lowest BCUT2D eigenvalue weighted by atomic mass is 9.82. The highest BCUT2D eigenvalue weighted by Gasteiger charge is 2.56. The molecule has 1 saturated heterocycles. The number of H-pyrrole nitrogens is 1. The van der Waals surface area contributed by atoms with Gasteiger partial charge in [-0.1, -0.05) is 18.2 Å². The molecule has 0 saturated carbocycles. The number of ether oxygens (including phenoxy) is 4. The molecule has 1 aromatic heterocycles. The number of carbonyl (C=O) groups excluding carboxylic acids is 1. The second-order valence-corrected chi connectivity index (χ2v) is 7.16. The van der Waals surface area contributed by atoms with Crippen LogP contribution in [0.1, 0.15) is 24.6 Å². The Balaban J connectivity index is 1.50. The molecule has 2 aliphatic heterocycles. The van der Waals surface area contributed by atoms with Crippen molar-refractivity contribution in [1.82, 2.24) is 9.88 Å². The van der Waals surface area contributed by atoms with E-state index in [9.17, 15) is 4.79 Å². The summed E-state index contributed by atoms with van der Waals surface area (Å²) in [6.45, 7) is 4.47. The third kappa shape index (κ3) is 3.09. The Morgan fingerprint density at radius 2 is 2.07 bits per heavy atom. The summed E-state index contributed by atoms with van der Waals surface area (Å²) in [5.41, 5.74) is 2.97. The molecule has 1 aromatic carbocycles. The van der Waals surface area contributed by atoms with Crippen LogP contribution < -0.4 is 0 Å². The Labute approximate surface area is 158 Å². The number of nitrogens with one attached hydrogen (secondary N) is 1. The van der Waals surface area contributed by atoms with Gasteiger partial charge in [0.25, 0.3) is 0 Å².